The van der Waals surface area contributed by atoms with E-state index < -0.39 is 0 Å². The van der Waals surface area contributed by atoms with Crippen LogP contribution in [0.3, 0.4) is 0 Å². The van der Waals surface area contributed by atoms with Crippen LogP contribution in [0.2, 0.25) is 0 Å². The highest BCUT2D eigenvalue weighted by Crippen LogP contribution is 2.46. The highest BCUT2D eigenvalue weighted by atomic mass is 31.1. The molecule has 10 heavy (non-hydrogen) atoms. The highest BCUT2D eigenvalue weighted by Gasteiger charge is 2.26. The average molecular weight is 174 g/mol. The van der Waals surface area contributed by atoms with E-state index in [1.807, 2.05) is 0 Å². The Balaban J connectivity index is 1.85. The van der Waals surface area contributed by atoms with Gasteiger partial charge >= 0.3 is 0 Å². The van der Waals surface area contributed by atoms with Crippen molar-refractivity contribution in [2.45, 2.75) is 37.0 Å². The standard InChI is InChI=1S/C8H16P2/c1-3-7(9-5-1)8-4-2-6-10-8/h7-10H,1-6H2/t7-,8-/m1/s1. The van der Waals surface area contributed by atoms with Gasteiger partial charge in [0.05, 0.1) is 0 Å². The summed E-state index contributed by atoms with van der Waals surface area (Å²) in [6.07, 6.45) is 9.37. The van der Waals surface area contributed by atoms with Gasteiger partial charge < -0.3 is 0 Å². The monoisotopic (exact) mass is 174 g/mol. The van der Waals surface area contributed by atoms with Gasteiger partial charge in [0.2, 0.25) is 0 Å². The zero-order valence-electron chi connectivity index (χ0n) is 6.40. The van der Waals surface area contributed by atoms with Crippen LogP contribution in [0.25, 0.3) is 0 Å². The molecule has 0 radical (unpaired) electrons. The molecule has 0 nitrogen and oxygen atoms in total. The molecule has 2 fully saturated rings. The number of hydrogen-bond donors (Lipinski definition) is 0. The molecule has 0 aromatic rings. The van der Waals surface area contributed by atoms with Crippen molar-refractivity contribution in [3.05, 3.63) is 0 Å². The topological polar surface area (TPSA) is 0 Å². The van der Waals surface area contributed by atoms with Crippen LogP contribution in [0.15, 0.2) is 0 Å². The van der Waals surface area contributed by atoms with E-state index in [9.17, 15) is 0 Å². The molecule has 0 N–H and O–H groups in total. The maximum absolute atomic E-state index is 1.58. The summed E-state index contributed by atoms with van der Waals surface area (Å²) in [5.41, 5.74) is 2.39. The van der Waals surface area contributed by atoms with E-state index in [1.165, 1.54) is 28.5 Å². The van der Waals surface area contributed by atoms with Crippen molar-refractivity contribution < 1.29 is 0 Å². The SMILES string of the molecule is C1CP[C@@H]([C@H]2CCCP2)C1. The zero-order valence-corrected chi connectivity index (χ0v) is 8.40. The van der Waals surface area contributed by atoms with Gasteiger partial charge in [-0.1, -0.05) is 0 Å². The fraction of sp³-hybridized carbons (Fsp3) is 1.00. The molecule has 2 rings (SSSR count). The van der Waals surface area contributed by atoms with Crippen LogP contribution in [0.1, 0.15) is 25.7 Å². The third kappa shape index (κ3) is 1.54. The lowest BCUT2D eigenvalue weighted by Crippen LogP contribution is -2.10. The summed E-state index contributed by atoms with van der Waals surface area (Å²) in [6, 6.07) is 0. The summed E-state index contributed by atoms with van der Waals surface area (Å²) < 4.78 is 0. The van der Waals surface area contributed by atoms with E-state index in [0.29, 0.717) is 0 Å². The molecule has 2 aliphatic rings. The molecule has 2 unspecified atom stereocenters. The van der Waals surface area contributed by atoms with Gasteiger partial charge in [-0.2, -0.15) is 0 Å². The van der Waals surface area contributed by atoms with Crippen molar-refractivity contribution in [2.75, 3.05) is 12.3 Å². The quantitative estimate of drug-likeness (QED) is 0.536. The minimum absolute atomic E-state index is 1.20. The van der Waals surface area contributed by atoms with Gasteiger partial charge in [0.25, 0.3) is 0 Å². The molecule has 2 heterocycles. The minimum Gasteiger partial charge on any atom is -0.118 e. The summed E-state index contributed by atoms with van der Waals surface area (Å²) in [6.45, 7) is 0. The summed E-state index contributed by atoms with van der Waals surface area (Å²) in [5.74, 6) is 0. The molecule has 0 spiro atoms. The van der Waals surface area contributed by atoms with Gasteiger partial charge in [-0.25, -0.2) is 0 Å². The lowest BCUT2D eigenvalue weighted by molar-refractivity contribution is 0.699. The van der Waals surface area contributed by atoms with Crippen molar-refractivity contribution in [3.8, 4) is 0 Å². The van der Waals surface area contributed by atoms with Gasteiger partial charge in [-0.15, -0.1) is 17.2 Å². The van der Waals surface area contributed by atoms with E-state index in [2.05, 4.69) is 0 Å². The Kier molecular flexibility index (Phi) is 2.63. The van der Waals surface area contributed by atoms with E-state index in [0.717, 1.165) is 0 Å². The average Bonchev–Trinajstić information content (AvgIpc) is 2.59. The first-order valence-corrected chi connectivity index (χ1v) is 7.00. The summed E-state index contributed by atoms with van der Waals surface area (Å²) in [7, 11) is 2.68. The van der Waals surface area contributed by atoms with Gasteiger partial charge in [0.15, 0.2) is 0 Å². The predicted octanol–water partition coefficient (Wildman–Crippen LogP) is 2.67. The Hall–Kier alpha value is 0.860. The molecule has 0 aliphatic carbocycles. The van der Waals surface area contributed by atoms with Crippen LogP contribution < -0.4 is 0 Å². The van der Waals surface area contributed by atoms with Gasteiger partial charge in [0.1, 0.15) is 0 Å². The molecule has 0 aromatic heterocycles. The molecule has 0 bridgehead atoms. The number of rotatable bonds is 1. The summed E-state index contributed by atoms with van der Waals surface area (Å²) in [5, 5.41) is 0. The maximum atomic E-state index is 1.58. The lowest BCUT2D eigenvalue weighted by Gasteiger charge is -2.16. The maximum Gasteiger partial charge on any atom is -0.0171 e. The molecule has 2 saturated heterocycles. The molecular formula is C8H16P2. The first kappa shape index (κ1) is 7.51. The Morgan fingerprint density at radius 3 is 1.60 bits per heavy atom. The third-order valence-electron chi connectivity index (χ3n) is 2.68. The van der Waals surface area contributed by atoms with Gasteiger partial charge in [0, 0.05) is 0 Å². The normalized spacial score (nSPS) is 45.6. The molecule has 0 saturated carbocycles. The van der Waals surface area contributed by atoms with Crippen LogP contribution in [0.4, 0.5) is 0 Å². The van der Waals surface area contributed by atoms with Crippen molar-refractivity contribution >= 4 is 17.2 Å². The largest absolute Gasteiger partial charge is 0.118 e. The molecule has 0 amide bonds. The third-order valence-corrected chi connectivity index (χ3v) is 6.73. The molecule has 2 heteroatoms. The van der Waals surface area contributed by atoms with E-state index in [1.54, 1.807) is 38.0 Å². The fourth-order valence-corrected chi connectivity index (χ4v) is 6.09. The van der Waals surface area contributed by atoms with Crippen molar-refractivity contribution in [3.63, 3.8) is 0 Å². The van der Waals surface area contributed by atoms with Crippen molar-refractivity contribution in [1.82, 2.24) is 0 Å². The first-order chi connectivity index (χ1) is 4.97. The predicted molar refractivity (Wildman–Crippen MR) is 52.4 cm³/mol. The fourth-order valence-electron chi connectivity index (χ4n) is 2.11. The zero-order chi connectivity index (χ0) is 6.81. The minimum atomic E-state index is 1.20. The number of hydrogen-bond acceptors (Lipinski definition) is 0. The van der Waals surface area contributed by atoms with E-state index >= 15 is 0 Å². The first-order valence-electron chi connectivity index (χ1n) is 4.43. The second-order valence-corrected chi connectivity index (χ2v) is 6.71. The van der Waals surface area contributed by atoms with E-state index in [-0.39, 0.29) is 0 Å². The van der Waals surface area contributed by atoms with Crippen LogP contribution >= 0.6 is 17.2 Å². The van der Waals surface area contributed by atoms with Gasteiger partial charge in [-0.3, -0.25) is 0 Å². The Labute approximate surface area is 67.1 Å². The smallest absolute Gasteiger partial charge is 0.0171 e. The Morgan fingerprint density at radius 1 is 0.800 bits per heavy atom. The second-order valence-electron chi connectivity index (χ2n) is 3.41. The van der Waals surface area contributed by atoms with Crippen LogP contribution in [-0.4, -0.2) is 23.6 Å². The van der Waals surface area contributed by atoms with Crippen molar-refractivity contribution in [1.29, 1.82) is 0 Å². The van der Waals surface area contributed by atoms with Crippen molar-refractivity contribution in [2.24, 2.45) is 0 Å². The second kappa shape index (κ2) is 3.51. The molecular weight excluding hydrogens is 158 g/mol. The molecule has 4 atom stereocenters. The summed E-state index contributed by atoms with van der Waals surface area (Å²) in [4.78, 5) is 0. The van der Waals surface area contributed by atoms with E-state index in [4.69, 9.17) is 0 Å². The molecule has 2 aliphatic heterocycles. The lowest BCUT2D eigenvalue weighted by atomic mass is 10.1. The summed E-state index contributed by atoms with van der Waals surface area (Å²) >= 11 is 0. The Morgan fingerprint density at radius 2 is 1.30 bits per heavy atom. The molecule has 58 valence electrons. The van der Waals surface area contributed by atoms with Crippen LogP contribution in [-0.2, 0) is 0 Å². The molecule has 0 aromatic carbocycles. The van der Waals surface area contributed by atoms with Gasteiger partial charge in [-0.05, 0) is 49.3 Å². The van der Waals surface area contributed by atoms with Crippen LogP contribution in [0.5, 0.6) is 0 Å². The van der Waals surface area contributed by atoms with Crippen LogP contribution in [0, 0.1) is 0 Å². The highest BCUT2D eigenvalue weighted by molar-refractivity contribution is 7.44. The Bertz CT molecular complexity index is 87.8.